The minimum Gasteiger partial charge on any atom is -0.339 e. The molecule has 3 nitrogen and oxygen atoms in total. The lowest BCUT2D eigenvalue weighted by Gasteiger charge is -2.15. The number of rotatable bonds is 2. The second kappa shape index (κ2) is 3.58. The standard InChI is InChI=1S/C10H11ClN2O/c1-13(8-3-4-8)10(14)7-2-5-9(11)12-6-7/h2,5-6,8H,3-4H2,1H3. The van der Waals surface area contributed by atoms with Crippen LogP contribution in [0, 0.1) is 0 Å². The average molecular weight is 211 g/mol. The van der Waals surface area contributed by atoms with E-state index in [0.717, 1.165) is 12.8 Å². The van der Waals surface area contributed by atoms with Crippen molar-refractivity contribution in [1.82, 2.24) is 9.88 Å². The fourth-order valence-electron chi connectivity index (χ4n) is 1.33. The molecule has 1 aromatic rings. The quantitative estimate of drug-likeness (QED) is 0.700. The second-order valence-corrected chi connectivity index (χ2v) is 3.90. The third kappa shape index (κ3) is 1.87. The van der Waals surface area contributed by atoms with Gasteiger partial charge in [-0.25, -0.2) is 4.98 Å². The molecule has 1 aliphatic carbocycles. The Balaban J connectivity index is 2.13. The molecule has 0 N–H and O–H groups in total. The molecule has 0 aromatic carbocycles. The van der Waals surface area contributed by atoms with Gasteiger partial charge in [-0.2, -0.15) is 0 Å². The fourth-order valence-corrected chi connectivity index (χ4v) is 1.45. The van der Waals surface area contributed by atoms with E-state index < -0.39 is 0 Å². The lowest BCUT2D eigenvalue weighted by molar-refractivity contribution is 0.0784. The summed E-state index contributed by atoms with van der Waals surface area (Å²) in [5.74, 6) is 0.0247. The third-order valence-electron chi connectivity index (χ3n) is 2.39. The van der Waals surface area contributed by atoms with E-state index in [1.54, 1.807) is 17.0 Å². The lowest BCUT2D eigenvalue weighted by atomic mass is 10.2. The number of halogens is 1. The molecule has 0 unspecified atom stereocenters. The van der Waals surface area contributed by atoms with E-state index in [9.17, 15) is 4.79 Å². The van der Waals surface area contributed by atoms with Crippen LogP contribution in [0.4, 0.5) is 0 Å². The first kappa shape index (κ1) is 9.46. The Morgan fingerprint density at radius 1 is 1.57 bits per heavy atom. The van der Waals surface area contributed by atoms with Gasteiger partial charge in [0.25, 0.3) is 5.91 Å². The highest BCUT2D eigenvalue weighted by molar-refractivity contribution is 6.29. The van der Waals surface area contributed by atoms with Crippen LogP contribution in [-0.2, 0) is 0 Å². The van der Waals surface area contributed by atoms with Crippen LogP contribution < -0.4 is 0 Å². The molecule has 0 bridgehead atoms. The largest absolute Gasteiger partial charge is 0.339 e. The van der Waals surface area contributed by atoms with Gasteiger partial charge in [-0.15, -0.1) is 0 Å². The maximum atomic E-state index is 11.8. The van der Waals surface area contributed by atoms with Gasteiger partial charge in [0.2, 0.25) is 0 Å². The zero-order valence-corrected chi connectivity index (χ0v) is 8.66. The molecule has 2 rings (SSSR count). The zero-order chi connectivity index (χ0) is 10.1. The summed E-state index contributed by atoms with van der Waals surface area (Å²) in [7, 11) is 1.83. The number of nitrogens with zero attached hydrogens (tertiary/aromatic N) is 2. The normalized spacial score (nSPS) is 15.3. The van der Waals surface area contributed by atoms with Crippen molar-refractivity contribution in [2.45, 2.75) is 18.9 Å². The predicted octanol–water partition coefficient (Wildman–Crippen LogP) is 1.97. The zero-order valence-electron chi connectivity index (χ0n) is 7.90. The fraction of sp³-hybridized carbons (Fsp3) is 0.400. The van der Waals surface area contributed by atoms with Crippen molar-refractivity contribution in [3.05, 3.63) is 29.0 Å². The van der Waals surface area contributed by atoms with Gasteiger partial charge in [0, 0.05) is 19.3 Å². The molecule has 1 aromatic heterocycles. The van der Waals surface area contributed by atoms with Crippen LogP contribution in [0.1, 0.15) is 23.2 Å². The van der Waals surface area contributed by atoms with Crippen molar-refractivity contribution >= 4 is 17.5 Å². The van der Waals surface area contributed by atoms with Crippen molar-refractivity contribution in [3.8, 4) is 0 Å². The number of pyridine rings is 1. The van der Waals surface area contributed by atoms with E-state index in [-0.39, 0.29) is 5.91 Å². The molecule has 0 saturated heterocycles. The van der Waals surface area contributed by atoms with Gasteiger partial charge in [-0.05, 0) is 25.0 Å². The molecule has 1 heterocycles. The number of hydrogen-bond acceptors (Lipinski definition) is 2. The minimum atomic E-state index is 0.0247. The van der Waals surface area contributed by atoms with Crippen molar-refractivity contribution in [2.75, 3.05) is 7.05 Å². The highest BCUT2D eigenvalue weighted by atomic mass is 35.5. The van der Waals surface area contributed by atoms with Crippen LogP contribution in [0.15, 0.2) is 18.3 Å². The van der Waals surface area contributed by atoms with Crippen LogP contribution in [0.5, 0.6) is 0 Å². The van der Waals surface area contributed by atoms with Crippen molar-refractivity contribution in [2.24, 2.45) is 0 Å². The van der Waals surface area contributed by atoms with E-state index >= 15 is 0 Å². The van der Waals surface area contributed by atoms with Gasteiger partial charge < -0.3 is 4.90 Å². The number of carbonyl (C=O) groups is 1. The molecular weight excluding hydrogens is 200 g/mol. The van der Waals surface area contributed by atoms with Gasteiger partial charge in [0.05, 0.1) is 5.56 Å². The summed E-state index contributed by atoms with van der Waals surface area (Å²) in [6.07, 6.45) is 3.75. The molecule has 0 aliphatic heterocycles. The van der Waals surface area contributed by atoms with Gasteiger partial charge >= 0.3 is 0 Å². The van der Waals surface area contributed by atoms with E-state index in [2.05, 4.69) is 4.98 Å². The molecule has 1 fully saturated rings. The topological polar surface area (TPSA) is 33.2 Å². The molecule has 1 saturated carbocycles. The molecular formula is C10H11ClN2O. The first-order valence-electron chi connectivity index (χ1n) is 4.57. The monoisotopic (exact) mass is 210 g/mol. The number of amides is 1. The summed E-state index contributed by atoms with van der Waals surface area (Å²) >= 11 is 5.63. The van der Waals surface area contributed by atoms with Crippen LogP contribution in [-0.4, -0.2) is 28.9 Å². The maximum Gasteiger partial charge on any atom is 0.255 e. The average Bonchev–Trinajstić information content (AvgIpc) is 3.00. The molecule has 1 aliphatic rings. The first-order chi connectivity index (χ1) is 6.68. The van der Waals surface area contributed by atoms with Crippen molar-refractivity contribution in [3.63, 3.8) is 0 Å². The highest BCUT2D eigenvalue weighted by Gasteiger charge is 2.30. The molecule has 4 heteroatoms. The van der Waals surface area contributed by atoms with Gasteiger partial charge in [-0.1, -0.05) is 11.6 Å². The van der Waals surface area contributed by atoms with Gasteiger partial charge in [0.1, 0.15) is 5.15 Å². The van der Waals surface area contributed by atoms with Crippen molar-refractivity contribution < 1.29 is 4.79 Å². The summed E-state index contributed by atoms with van der Waals surface area (Å²) < 4.78 is 0. The Kier molecular flexibility index (Phi) is 2.42. The molecule has 0 radical (unpaired) electrons. The predicted molar refractivity (Wildman–Crippen MR) is 54.4 cm³/mol. The van der Waals surface area contributed by atoms with E-state index in [4.69, 9.17) is 11.6 Å². The number of hydrogen-bond donors (Lipinski definition) is 0. The third-order valence-corrected chi connectivity index (χ3v) is 2.61. The Labute approximate surface area is 87.7 Å². The summed E-state index contributed by atoms with van der Waals surface area (Å²) in [5.41, 5.74) is 0.601. The van der Waals surface area contributed by atoms with E-state index in [1.165, 1.54) is 6.20 Å². The highest BCUT2D eigenvalue weighted by Crippen LogP contribution is 2.26. The van der Waals surface area contributed by atoms with Gasteiger partial charge in [0.15, 0.2) is 0 Å². The first-order valence-corrected chi connectivity index (χ1v) is 4.95. The number of aromatic nitrogens is 1. The summed E-state index contributed by atoms with van der Waals surface area (Å²) in [6, 6.07) is 3.77. The van der Waals surface area contributed by atoms with Crippen LogP contribution >= 0.6 is 11.6 Å². The minimum absolute atomic E-state index is 0.0247. The Hall–Kier alpha value is -1.09. The van der Waals surface area contributed by atoms with Gasteiger partial charge in [-0.3, -0.25) is 4.79 Å². The SMILES string of the molecule is CN(C(=O)c1ccc(Cl)nc1)C1CC1. The van der Waals surface area contributed by atoms with E-state index in [0.29, 0.717) is 16.8 Å². The summed E-state index contributed by atoms with van der Waals surface area (Å²) in [5, 5.41) is 0.413. The Morgan fingerprint density at radius 3 is 2.79 bits per heavy atom. The molecule has 0 spiro atoms. The summed E-state index contributed by atoms with van der Waals surface area (Å²) in [4.78, 5) is 17.4. The van der Waals surface area contributed by atoms with Crippen LogP contribution in [0.2, 0.25) is 5.15 Å². The molecule has 74 valence electrons. The summed E-state index contributed by atoms with van der Waals surface area (Å²) in [6.45, 7) is 0. The Morgan fingerprint density at radius 2 is 2.29 bits per heavy atom. The molecule has 14 heavy (non-hydrogen) atoms. The van der Waals surface area contributed by atoms with Crippen molar-refractivity contribution in [1.29, 1.82) is 0 Å². The van der Waals surface area contributed by atoms with E-state index in [1.807, 2.05) is 7.05 Å². The molecule has 1 amide bonds. The molecule has 0 atom stereocenters. The number of carbonyl (C=O) groups excluding carboxylic acids is 1. The second-order valence-electron chi connectivity index (χ2n) is 3.52. The van der Waals surface area contributed by atoms with Crippen LogP contribution in [0.25, 0.3) is 0 Å². The lowest BCUT2D eigenvalue weighted by Crippen LogP contribution is -2.28. The van der Waals surface area contributed by atoms with Crippen LogP contribution in [0.3, 0.4) is 0 Å². The maximum absolute atomic E-state index is 11.8. The Bertz CT molecular complexity index is 346. The smallest absolute Gasteiger partial charge is 0.255 e.